The zero-order chi connectivity index (χ0) is 14.3. The van der Waals surface area contributed by atoms with Gasteiger partial charge < -0.3 is 15.3 Å². The number of likely N-dealkylation sites (tertiary alicyclic amines) is 1. The molecule has 1 saturated carbocycles. The highest BCUT2D eigenvalue weighted by atomic mass is 16.3. The molecule has 2 fully saturated rings. The first-order valence-corrected chi connectivity index (χ1v) is 7.36. The van der Waals surface area contributed by atoms with Crippen molar-refractivity contribution in [2.75, 3.05) is 25.5 Å². The van der Waals surface area contributed by atoms with E-state index in [1.165, 1.54) is 0 Å². The van der Waals surface area contributed by atoms with E-state index in [1.807, 2.05) is 37.1 Å². The van der Waals surface area contributed by atoms with E-state index in [0.717, 1.165) is 36.2 Å². The standard InChI is InChI=1S/C16H22N2O2/c1-10-3-5-12(14(7-10)17-2)16(20)18-8-11-4-6-15(19)13(11)9-18/h3,5,7,11,13,15,17,19H,4,6,8-9H2,1-2H3. The fourth-order valence-corrected chi connectivity index (χ4v) is 3.62. The Balaban J connectivity index is 1.80. The summed E-state index contributed by atoms with van der Waals surface area (Å²) in [5, 5.41) is 13.1. The number of rotatable bonds is 2. The Labute approximate surface area is 119 Å². The SMILES string of the molecule is CNc1cc(C)ccc1C(=O)N1CC2CCC(O)C2C1. The number of aryl methyl sites for hydroxylation is 1. The predicted molar refractivity (Wildman–Crippen MR) is 78.9 cm³/mol. The lowest BCUT2D eigenvalue weighted by Crippen LogP contribution is -2.31. The Kier molecular flexibility index (Phi) is 3.42. The second-order valence-corrected chi connectivity index (χ2v) is 6.08. The molecule has 2 aliphatic rings. The summed E-state index contributed by atoms with van der Waals surface area (Å²) in [7, 11) is 1.84. The van der Waals surface area contributed by atoms with Gasteiger partial charge in [0.05, 0.1) is 11.7 Å². The Morgan fingerprint density at radius 1 is 1.35 bits per heavy atom. The van der Waals surface area contributed by atoms with Crippen molar-refractivity contribution < 1.29 is 9.90 Å². The molecule has 2 N–H and O–H groups in total. The molecular formula is C16H22N2O2. The average molecular weight is 274 g/mol. The summed E-state index contributed by atoms with van der Waals surface area (Å²) >= 11 is 0. The van der Waals surface area contributed by atoms with Gasteiger partial charge in [0.15, 0.2) is 0 Å². The number of benzene rings is 1. The van der Waals surface area contributed by atoms with Crippen LogP contribution in [-0.2, 0) is 0 Å². The van der Waals surface area contributed by atoms with Crippen LogP contribution < -0.4 is 5.32 Å². The molecule has 0 spiro atoms. The van der Waals surface area contributed by atoms with Gasteiger partial charge in [-0.05, 0) is 43.4 Å². The van der Waals surface area contributed by atoms with Crippen LogP contribution in [0.2, 0.25) is 0 Å². The first-order chi connectivity index (χ1) is 9.60. The maximum atomic E-state index is 12.7. The lowest BCUT2D eigenvalue weighted by molar-refractivity contribution is 0.0753. The van der Waals surface area contributed by atoms with Crippen LogP contribution in [0.1, 0.15) is 28.8 Å². The van der Waals surface area contributed by atoms with E-state index in [9.17, 15) is 9.90 Å². The third kappa shape index (κ3) is 2.18. The molecule has 1 saturated heterocycles. The number of aliphatic hydroxyl groups excluding tert-OH is 1. The molecule has 3 atom stereocenters. The summed E-state index contributed by atoms with van der Waals surface area (Å²) in [5.41, 5.74) is 2.75. The van der Waals surface area contributed by atoms with E-state index in [-0.39, 0.29) is 17.9 Å². The van der Waals surface area contributed by atoms with Crippen LogP contribution in [0.5, 0.6) is 0 Å². The average Bonchev–Trinajstić information content (AvgIpc) is 3.00. The maximum Gasteiger partial charge on any atom is 0.255 e. The van der Waals surface area contributed by atoms with Gasteiger partial charge in [-0.25, -0.2) is 0 Å². The van der Waals surface area contributed by atoms with Crippen molar-refractivity contribution in [2.24, 2.45) is 11.8 Å². The molecule has 3 rings (SSSR count). The summed E-state index contributed by atoms with van der Waals surface area (Å²) in [6.07, 6.45) is 1.71. The molecule has 1 aliphatic heterocycles. The molecule has 0 radical (unpaired) electrons. The topological polar surface area (TPSA) is 52.6 Å². The summed E-state index contributed by atoms with van der Waals surface area (Å²) in [6.45, 7) is 3.50. The summed E-state index contributed by atoms with van der Waals surface area (Å²) in [5.74, 6) is 0.843. The molecule has 1 amide bonds. The minimum absolute atomic E-state index is 0.0796. The minimum Gasteiger partial charge on any atom is -0.393 e. The zero-order valence-electron chi connectivity index (χ0n) is 12.1. The molecule has 1 aromatic carbocycles. The molecule has 1 aromatic rings. The maximum absolute atomic E-state index is 12.7. The van der Waals surface area contributed by atoms with Gasteiger partial charge in [-0.1, -0.05) is 6.07 Å². The van der Waals surface area contributed by atoms with Crippen molar-refractivity contribution >= 4 is 11.6 Å². The number of amides is 1. The second kappa shape index (κ2) is 5.09. The summed E-state index contributed by atoms with van der Waals surface area (Å²) < 4.78 is 0. The number of aliphatic hydroxyl groups is 1. The first-order valence-electron chi connectivity index (χ1n) is 7.36. The molecule has 4 nitrogen and oxygen atoms in total. The second-order valence-electron chi connectivity index (χ2n) is 6.08. The molecule has 4 heteroatoms. The number of hydrogen-bond donors (Lipinski definition) is 2. The molecule has 1 aliphatic carbocycles. The summed E-state index contributed by atoms with van der Waals surface area (Å²) in [4.78, 5) is 14.6. The quantitative estimate of drug-likeness (QED) is 0.866. The van der Waals surface area contributed by atoms with Crippen LogP contribution in [0, 0.1) is 18.8 Å². The molecule has 0 aromatic heterocycles. The third-order valence-corrected chi connectivity index (χ3v) is 4.78. The van der Waals surface area contributed by atoms with Crippen LogP contribution in [0.3, 0.4) is 0 Å². The van der Waals surface area contributed by atoms with Gasteiger partial charge in [-0.15, -0.1) is 0 Å². The Hall–Kier alpha value is -1.55. The molecule has 3 unspecified atom stereocenters. The fourth-order valence-electron chi connectivity index (χ4n) is 3.62. The minimum atomic E-state index is -0.223. The van der Waals surface area contributed by atoms with Crippen LogP contribution >= 0.6 is 0 Å². The van der Waals surface area contributed by atoms with E-state index in [1.54, 1.807) is 0 Å². The molecule has 1 heterocycles. The Morgan fingerprint density at radius 2 is 2.15 bits per heavy atom. The molecule has 108 valence electrons. The van der Waals surface area contributed by atoms with Gasteiger partial charge in [-0.2, -0.15) is 0 Å². The smallest absolute Gasteiger partial charge is 0.255 e. The van der Waals surface area contributed by atoms with Gasteiger partial charge in [0.1, 0.15) is 0 Å². The van der Waals surface area contributed by atoms with E-state index in [2.05, 4.69) is 5.32 Å². The van der Waals surface area contributed by atoms with E-state index < -0.39 is 0 Å². The van der Waals surface area contributed by atoms with Crippen LogP contribution in [-0.4, -0.2) is 42.2 Å². The Morgan fingerprint density at radius 3 is 2.85 bits per heavy atom. The van der Waals surface area contributed by atoms with Crippen molar-refractivity contribution in [1.82, 2.24) is 4.90 Å². The molecular weight excluding hydrogens is 252 g/mol. The number of anilines is 1. The van der Waals surface area contributed by atoms with Crippen molar-refractivity contribution in [3.63, 3.8) is 0 Å². The zero-order valence-corrected chi connectivity index (χ0v) is 12.1. The van der Waals surface area contributed by atoms with E-state index in [4.69, 9.17) is 0 Å². The number of carbonyl (C=O) groups excluding carboxylic acids is 1. The molecule has 20 heavy (non-hydrogen) atoms. The number of hydrogen-bond acceptors (Lipinski definition) is 3. The predicted octanol–water partition coefficient (Wildman–Crippen LogP) is 1.88. The van der Waals surface area contributed by atoms with Crippen LogP contribution in [0.25, 0.3) is 0 Å². The van der Waals surface area contributed by atoms with Gasteiger partial charge in [0.25, 0.3) is 5.91 Å². The van der Waals surface area contributed by atoms with Crippen LogP contribution in [0.15, 0.2) is 18.2 Å². The largest absolute Gasteiger partial charge is 0.393 e. The van der Waals surface area contributed by atoms with Crippen molar-refractivity contribution in [3.8, 4) is 0 Å². The number of nitrogens with one attached hydrogen (secondary N) is 1. The van der Waals surface area contributed by atoms with Crippen LogP contribution in [0.4, 0.5) is 5.69 Å². The van der Waals surface area contributed by atoms with Gasteiger partial charge in [-0.3, -0.25) is 4.79 Å². The number of fused-ring (bicyclic) bond motifs is 1. The highest BCUT2D eigenvalue weighted by Crippen LogP contribution is 2.38. The summed E-state index contributed by atoms with van der Waals surface area (Å²) in [6, 6.07) is 5.87. The van der Waals surface area contributed by atoms with Crippen molar-refractivity contribution in [1.29, 1.82) is 0 Å². The lowest BCUT2D eigenvalue weighted by atomic mass is 10.00. The number of carbonyl (C=O) groups is 1. The van der Waals surface area contributed by atoms with Gasteiger partial charge >= 0.3 is 0 Å². The van der Waals surface area contributed by atoms with Crippen molar-refractivity contribution in [2.45, 2.75) is 25.9 Å². The monoisotopic (exact) mass is 274 g/mol. The highest BCUT2D eigenvalue weighted by Gasteiger charge is 2.43. The lowest BCUT2D eigenvalue weighted by Gasteiger charge is -2.20. The normalized spacial score (nSPS) is 28.6. The first kappa shape index (κ1) is 13.4. The fraction of sp³-hybridized carbons (Fsp3) is 0.562. The molecule has 0 bridgehead atoms. The van der Waals surface area contributed by atoms with Gasteiger partial charge in [0, 0.05) is 31.7 Å². The Bertz CT molecular complexity index is 529. The van der Waals surface area contributed by atoms with Crippen molar-refractivity contribution in [3.05, 3.63) is 29.3 Å². The van der Waals surface area contributed by atoms with E-state index in [0.29, 0.717) is 12.5 Å². The van der Waals surface area contributed by atoms with E-state index >= 15 is 0 Å². The van der Waals surface area contributed by atoms with Gasteiger partial charge in [0.2, 0.25) is 0 Å². The highest BCUT2D eigenvalue weighted by molar-refractivity contribution is 5.99. The third-order valence-electron chi connectivity index (χ3n) is 4.78. The number of nitrogens with zero attached hydrogens (tertiary/aromatic N) is 1.